The minimum Gasteiger partial charge on any atom is -0.475 e. The highest BCUT2D eigenvalue weighted by Gasteiger charge is 2.25. The van der Waals surface area contributed by atoms with Crippen LogP contribution in [-0.2, 0) is 11.8 Å². The van der Waals surface area contributed by atoms with E-state index in [4.69, 9.17) is 21.1 Å². The molecule has 0 aromatic carbocycles. The van der Waals surface area contributed by atoms with Crippen LogP contribution in [0, 0.1) is 0 Å². The number of aromatic nitrogens is 3. The molecule has 0 aliphatic carbocycles. The molecule has 10 heteroatoms. The molecular weight excluding hydrogens is 495 g/mol. The number of aryl methyl sites for hydroxylation is 1. The van der Waals surface area contributed by atoms with E-state index in [-0.39, 0.29) is 30.1 Å². The summed E-state index contributed by atoms with van der Waals surface area (Å²) in [6.07, 6.45) is 5.48. The van der Waals surface area contributed by atoms with Crippen LogP contribution in [0.2, 0.25) is 5.02 Å². The predicted molar refractivity (Wildman–Crippen MR) is 120 cm³/mol. The minimum atomic E-state index is -0.0140. The number of ether oxygens (including phenoxy) is 2. The molecule has 0 radical (unpaired) electrons. The van der Waals surface area contributed by atoms with Crippen molar-refractivity contribution in [2.45, 2.75) is 13.0 Å². The van der Waals surface area contributed by atoms with Crippen LogP contribution in [0.15, 0.2) is 35.7 Å². The Hall–Kier alpha value is -1.59. The van der Waals surface area contributed by atoms with E-state index >= 15 is 0 Å². The fourth-order valence-corrected chi connectivity index (χ4v) is 3.02. The molecule has 3 rings (SSSR count). The maximum atomic E-state index is 6.05. The Balaban J connectivity index is 0.00000280. The lowest BCUT2D eigenvalue weighted by Gasteiger charge is -2.34. The fraction of sp³-hybridized carbons (Fsp3) is 0.500. The summed E-state index contributed by atoms with van der Waals surface area (Å²) in [4.78, 5) is 11.0. The topological polar surface area (TPSA) is 76.8 Å². The molecule has 0 bridgehead atoms. The van der Waals surface area contributed by atoms with Crippen LogP contribution in [0.1, 0.15) is 18.6 Å². The van der Waals surface area contributed by atoms with Crippen molar-refractivity contribution in [3.8, 4) is 5.88 Å². The molecule has 0 saturated carbocycles. The summed E-state index contributed by atoms with van der Waals surface area (Å²) in [5.74, 6) is 1.28. The standard InChI is InChI=1S/C18H25ClN6O2.HI/c1-3-20-18(22-7-9-27-17-15(19)5-4-6-21-17)25-8-10-26-16(13-25)14-11-23-24(2)12-14;/h4-6,11-12,16H,3,7-10,13H2,1-2H3,(H,20,22);1H. The van der Waals surface area contributed by atoms with E-state index < -0.39 is 0 Å². The largest absolute Gasteiger partial charge is 0.475 e. The first-order chi connectivity index (χ1) is 13.2. The minimum absolute atomic E-state index is 0. The summed E-state index contributed by atoms with van der Waals surface area (Å²) in [5.41, 5.74) is 1.08. The highest BCUT2D eigenvalue weighted by atomic mass is 127. The molecule has 1 aliphatic heterocycles. The predicted octanol–water partition coefficient (Wildman–Crippen LogP) is 2.50. The second-order valence-corrected chi connectivity index (χ2v) is 6.53. The Morgan fingerprint density at radius 3 is 3.07 bits per heavy atom. The van der Waals surface area contributed by atoms with E-state index in [1.54, 1.807) is 23.0 Å². The van der Waals surface area contributed by atoms with E-state index in [0.29, 0.717) is 30.7 Å². The van der Waals surface area contributed by atoms with Crippen LogP contribution >= 0.6 is 35.6 Å². The van der Waals surface area contributed by atoms with Gasteiger partial charge in [0.1, 0.15) is 17.7 Å². The number of hydrogen-bond acceptors (Lipinski definition) is 5. The van der Waals surface area contributed by atoms with Crippen molar-refractivity contribution < 1.29 is 9.47 Å². The van der Waals surface area contributed by atoms with Crippen molar-refractivity contribution in [1.82, 2.24) is 25.0 Å². The van der Waals surface area contributed by atoms with E-state index in [2.05, 4.69) is 32.2 Å². The van der Waals surface area contributed by atoms with Crippen LogP contribution in [0.25, 0.3) is 0 Å². The third kappa shape index (κ3) is 6.21. The Bertz CT molecular complexity index is 772. The molecule has 1 N–H and O–H groups in total. The molecule has 3 heterocycles. The van der Waals surface area contributed by atoms with Gasteiger partial charge < -0.3 is 19.7 Å². The van der Waals surface area contributed by atoms with Gasteiger partial charge in [0.15, 0.2) is 5.96 Å². The van der Waals surface area contributed by atoms with Crippen molar-refractivity contribution in [1.29, 1.82) is 0 Å². The van der Waals surface area contributed by atoms with Gasteiger partial charge in [0.25, 0.3) is 0 Å². The van der Waals surface area contributed by atoms with Gasteiger partial charge in [-0.15, -0.1) is 24.0 Å². The molecule has 2 aromatic rings. The molecule has 8 nitrogen and oxygen atoms in total. The normalized spacial score (nSPS) is 17.2. The lowest BCUT2D eigenvalue weighted by molar-refractivity contribution is -0.00805. The third-order valence-electron chi connectivity index (χ3n) is 4.11. The van der Waals surface area contributed by atoms with E-state index in [1.807, 2.05) is 19.4 Å². The lowest BCUT2D eigenvalue weighted by Crippen LogP contribution is -2.48. The number of nitrogens with zero attached hydrogens (tertiary/aromatic N) is 5. The van der Waals surface area contributed by atoms with Crippen molar-refractivity contribution in [2.75, 3.05) is 39.4 Å². The van der Waals surface area contributed by atoms with Gasteiger partial charge in [-0.1, -0.05) is 11.6 Å². The Morgan fingerprint density at radius 2 is 2.36 bits per heavy atom. The molecular formula is C18H26ClIN6O2. The fourth-order valence-electron chi connectivity index (χ4n) is 2.85. The zero-order chi connectivity index (χ0) is 19.1. The van der Waals surface area contributed by atoms with Gasteiger partial charge in [0.05, 0.1) is 25.9 Å². The van der Waals surface area contributed by atoms with E-state index in [9.17, 15) is 0 Å². The molecule has 0 amide bonds. The zero-order valence-corrected chi connectivity index (χ0v) is 19.1. The molecule has 1 atom stereocenters. The van der Waals surface area contributed by atoms with Gasteiger partial charge in [-0.3, -0.25) is 4.68 Å². The monoisotopic (exact) mass is 520 g/mol. The number of pyridine rings is 1. The molecule has 2 aromatic heterocycles. The summed E-state index contributed by atoms with van der Waals surface area (Å²) < 4.78 is 13.3. The van der Waals surface area contributed by atoms with Crippen LogP contribution in [0.4, 0.5) is 0 Å². The van der Waals surface area contributed by atoms with Gasteiger partial charge >= 0.3 is 0 Å². The lowest BCUT2D eigenvalue weighted by atomic mass is 10.1. The maximum absolute atomic E-state index is 6.05. The summed E-state index contributed by atoms with van der Waals surface area (Å²) >= 11 is 6.05. The van der Waals surface area contributed by atoms with Crippen molar-refractivity contribution in [2.24, 2.45) is 12.0 Å². The van der Waals surface area contributed by atoms with Crippen molar-refractivity contribution in [3.63, 3.8) is 0 Å². The summed E-state index contributed by atoms with van der Waals surface area (Å²) in [6.45, 7) is 5.91. The van der Waals surface area contributed by atoms with Crippen molar-refractivity contribution in [3.05, 3.63) is 41.3 Å². The second kappa shape index (κ2) is 11.4. The third-order valence-corrected chi connectivity index (χ3v) is 4.40. The van der Waals surface area contributed by atoms with Crippen molar-refractivity contribution >= 4 is 41.5 Å². The Labute approximate surface area is 187 Å². The summed E-state index contributed by atoms with van der Waals surface area (Å²) in [6, 6.07) is 3.53. The number of aliphatic imine (C=N–C) groups is 1. The van der Waals surface area contributed by atoms with E-state index in [1.165, 1.54) is 0 Å². The number of hydrogen-bond donors (Lipinski definition) is 1. The number of halogens is 2. The van der Waals surface area contributed by atoms with Gasteiger partial charge in [0, 0.05) is 38.1 Å². The first-order valence-electron chi connectivity index (χ1n) is 9.04. The number of morpholine rings is 1. The molecule has 0 spiro atoms. The molecule has 28 heavy (non-hydrogen) atoms. The summed E-state index contributed by atoms with van der Waals surface area (Å²) in [7, 11) is 1.91. The first-order valence-corrected chi connectivity index (χ1v) is 9.42. The van der Waals surface area contributed by atoms with Crippen LogP contribution in [0.3, 0.4) is 0 Å². The van der Waals surface area contributed by atoms with Gasteiger partial charge in [-0.25, -0.2) is 9.98 Å². The van der Waals surface area contributed by atoms with E-state index in [0.717, 1.165) is 31.2 Å². The van der Waals surface area contributed by atoms with Gasteiger partial charge in [-0.05, 0) is 19.1 Å². The molecule has 1 saturated heterocycles. The Morgan fingerprint density at radius 1 is 1.50 bits per heavy atom. The van der Waals surface area contributed by atoms with Crippen LogP contribution in [0.5, 0.6) is 5.88 Å². The summed E-state index contributed by atoms with van der Waals surface area (Å²) in [5, 5.41) is 8.08. The molecule has 1 fully saturated rings. The first kappa shape index (κ1) is 22.7. The number of rotatable bonds is 6. The van der Waals surface area contributed by atoms with Crippen LogP contribution < -0.4 is 10.1 Å². The zero-order valence-electron chi connectivity index (χ0n) is 16.0. The average Bonchev–Trinajstić information content (AvgIpc) is 3.12. The molecule has 1 aliphatic rings. The number of nitrogens with one attached hydrogen (secondary N) is 1. The highest BCUT2D eigenvalue weighted by molar-refractivity contribution is 14.0. The molecule has 1 unspecified atom stereocenters. The smallest absolute Gasteiger partial charge is 0.232 e. The highest BCUT2D eigenvalue weighted by Crippen LogP contribution is 2.22. The number of guanidine groups is 1. The quantitative estimate of drug-likeness (QED) is 0.273. The average molecular weight is 521 g/mol. The van der Waals surface area contributed by atoms with Gasteiger partial charge in [0.2, 0.25) is 5.88 Å². The maximum Gasteiger partial charge on any atom is 0.232 e. The van der Waals surface area contributed by atoms with Crippen LogP contribution in [-0.4, -0.2) is 65.0 Å². The SMILES string of the molecule is CCNC(=NCCOc1ncccc1Cl)N1CCOC(c2cnn(C)c2)C1.I. The van der Waals surface area contributed by atoms with Gasteiger partial charge in [-0.2, -0.15) is 5.10 Å². The second-order valence-electron chi connectivity index (χ2n) is 6.13. The Kier molecular flexibility index (Phi) is 9.26. The molecule has 154 valence electrons.